The van der Waals surface area contributed by atoms with Crippen LogP contribution in [0.15, 0.2) is 76.5 Å². The van der Waals surface area contributed by atoms with Crippen molar-refractivity contribution in [2.24, 2.45) is 0 Å². The Bertz CT molecular complexity index is 1170. The Morgan fingerprint density at radius 3 is 2.65 bits per heavy atom. The van der Waals surface area contributed by atoms with Crippen molar-refractivity contribution in [1.82, 2.24) is 19.7 Å². The monoisotopic (exact) mass is 452 g/mol. The van der Waals surface area contributed by atoms with Gasteiger partial charge < -0.3 is 9.32 Å². The van der Waals surface area contributed by atoms with Gasteiger partial charge in [0.15, 0.2) is 11.0 Å². The summed E-state index contributed by atoms with van der Waals surface area (Å²) in [6, 6.07) is 19.2. The molecule has 0 saturated carbocycles. The largest absolute Gasteiger partial charge is 0.467 e. The zero-order valence-electron chi connectivity index (χ0n) is 17.2. The molecule has 6 nitrogen and oxygen atoms in total. The number of furan rings is 1. The fourth-order valence-electron chi connectivity index (χ4n) is 3.11. The molecule has 0 aliphatic carbocycles. The summed E-state index contributed by atoms with van der Waals surface area (Å²) in [6.45, 7) is 2.46. The van der Waals surface area contributed by atoms with Gasteiger partial charge in [0.05, 0.1) is 18.6 Å². The highest BCUT2D eigenvalue weighted by atomic mass is 35.5. The number of hydrogen-bond acceptors (Lipinski definition) is 5. The Morgan fingerprint density at radius 1 is 1.13 bits per heavy atom. The van der Waals surface area contributed by atoms with Crippen molar-refractivity contribution in [1.29, 1.82) is 0 Å². The number of benzene rings is 2. The van der Waals surface area contributed by atoms with Gasteiger partial charge in [-0.05, 0) is 61.0 Å². The molecule has 0 aliphatic heterocycles. The van der Waals surface area contributed by atoms with E-state index < -0.39 is 0 Å². The fourth-order valence-corrected chi connectivity index (χ4v) is 4.13. The number of thioether (sulfide) groups is 1. The lowest BCUT2D eigenvalue weighted by Crippen LogP contribution is -2.27. The number of aromatic nitrogens is 3. The van der Waals surface area contributed by atoms with Gasteiger partial charge in [0, 0.05) is 23.3 Å². The number of carbonyl (C=O) groups excluding carboxylic acids is 1. The van der Waals surface area contributed by atoms with Crippen molar-refractivity contribution in [2.75, 3.05) is 12.8 Å². The summed E-state index contributed by atoms with van der Waals surface area (Å²) in [5, 5.41) is 10.1. The third-order valence-electron chi connectivity index (χ3n) is 4.72. The van der Waals surface area contributed by atoms with E-state index in [1.807, 2.05) is 66.1 Å². The number of aryl methyl sites for hydroxylation is 1. The second-order valence-electron chi connectivity index (χ2n) is 7.11. The van der Waals surface area contributed by atoms with E-state index in [0.29, 0.717) is 22.5 Å². The summed E-state index contributed by atoms with van der Waals surface area (Å²) in [5.41, 5.74) is 2.96. The van der Waals surface area contributed by atoms with E-state index >= 15 is 0 Å². The third-order valence-corrected chi connectivity index (χ3v) is 5.88. The van der Waals surface area contributed by atoms with E-state index in [9.17, 15) is 4.79 Å². The van der Waals surface area contributed by atoms with Crippen LogP contribution in [0.25, 0.3) is 17.1 Å². The molecule has 0 aliphatic rings. The topological polar surface area (TPSA) is 64.2 Å². The molecule has 0 atom stereocenters. The maximum atomic E-state index is 12.7. The van der Waals surface area contributed by atoms with Crippen LogP contribution >= 0.6 is 23.4 Å². The highest BCUT2D eigenvalue weighted by Gasteiger charge is 2.19. The van der Waals surface area contributed by atoms with Gasteiger partial charge in [-0.25, -0.2) is 0 Å². The van der Waals surface area contributed by atoms with Crippen molar-refractivity contribution in [2.45, 2.75) is 18.6 Å². The van der Waals surface area contributed by atoms with Gasteiger partial charge in [-0.15, -0.1) is 10.2 Å². The Labute approximate surface area is 189 Å². The van der Waals surface area contributed by atoms with E-state index in [0.717, 1.165) is 22.6 Å². The first-order valence-electron chi connectivity index (χ1n) is 9.69. The van der Waals surface area contributed by atoms with Gasteiger partial charge in [-0.2, -0.15) is 0 Å². The van der Waals surface area contributed by atoms with Crippen LogP contribution in [0.2, 0.25) is 5.02 Å². The van der Waals surface area contributed by atoms with Gasteiger partial charge in [0.25, 0.3) is 0 Å². The van der Waals surface area contributed by atoms with Crippen molar-refractivity contribution in [3.05, 3.63) is 83.3 Å². The van der Waals surface area contributed by atoms with Crippen LogP contribution < -0.4 is 0 Å². The minimum absolute atomic E-state index is 0.0202. The molecule has 0 unspecified atom stereocenters. The molecule has 2 aromatic heterocycles. The van der Waals surface area contributed by atoms with Crippen molar-refractivity contribution in [3.8, 4) is 17.1 Å². The molecule has 0 N–H and O–H groups in total. The van der Waals surface area contributed by atoms with Crippen LogP contribution in [0.4, 0.5) is 0 Å². The molecule has 2 heterocycles. The first kappa shape index (κ1) is 21.2. The SMILES string of the molecule is Cc1cccc(-n2c(SCC(=O)N(C)Cc3ccco3)nnc2-c2ccc(Cl)cc2)c1. The Hall–Kier alpha value is -3.03. The lowest BCUT2D eigenvalue weighted by molar-refractivity contribution is -0.127. The lowest BCUT2D eigenvalue weighted by Gasteiger charge is -2.16. The fraction of sp³-hybridized carbons (Fsp3) is 0.174. The predicted octanol–water partition coefficient (Wildman–Crippen LogP) is 5.24. The maximum Gasteiger partial charge on any atom is 0.233 e. The Balaban J connectivity index is 1.60. The molecular formula is C23H21ClN4O2S. The number of halogens is 1. The zero-order valence-corrected chi connectivity index (χ0v) is 18.7. The zero-order chi connectivity index (χ0) is 21.8. The first-order valence-corrected chi connectivity index (χ1v) is 11.0. The number of amides is 1. The number of nitrogens with zero attached hydrogens (tertiary/aromatic N) is 4. The Kier molecular flexibility index (Phi) is 6.44. The summed E-state index contributed by atoms with van der Waals surface area (Å²) in [5.74, 6) is 1.66. The number of rotatable bonds is 7. The molecule has 4 aromatic rings. The lowest BCUT2D eigenvalue weighted by atomic mass is 10.2. The first-order chi connectivity index (χ1) is 15.0. The molecule has 0 radical (unpaired) electrons. The normalized spacial score (nSPS) is 10.9. The highest BCUT2D eigenvalue weighted by Crippen LogP contribution is 2.29. The van der Waals surface area contributed by atoms with Crippen LogP contribution in [0, 0.1) is 6.92 Å². The second-order valence-corrected chi connectivity index (χ2v) is 8.48. The summed E-state index contributed by atoms with van der Waals surface area (Å²) in [6.07, 6.45) is 1.60. The van der Waals surface area contributed by atoms with Crippen molar-refractivity contribution >= 4 is 29.3 Å². The Morgan fingerprint density at radius 2 is 1.94 bits per heavy atom. The summed E-state index contributed by atoms with van der Waals surface area (Å²) in [7, 11) is 1.76. The summed E-state index contributed by atoms with van der Waals surface area (Å²) < 4.78 is 7.30. The molecule has 0 saturated heterocycles. The van der Waals surface area contributed by atoms with Crippen LogP contribution in [0.3, 0.4) is 0 Å². The molecule has 0 bridgehead atoms. The van der Waals surface area contributed by atoms with Gasteiger partial charge >= 0.3 is 0 Å². The molecule has 0 spiro atoms. The van der Waals surface area contributed by atoms with Crippen LogP contribution in [0.1, 0.15) is 11.3 Å². The molecule has 8 heteroatoms. The molecule has 4 rings (SSSR count). The summed E-state index contributed by atoms with van der Waals surface area (Å²) in [4.78, 5) is 14.3. The molecular weight excluding hydrogens is 432 g/mol. The third kappa shape index (κ3) is 5.00. The minimum atomic E-state index is -0.0202. The van der Waals surface area contributed by atoms with E-state index in [-0.39, 0.29) is 11.7 Å². The van der Waals surface area contributed by atoms with E-state index in [1.165, 1.54) is 11.8 Å². The van der Waals surface area contributed by atoms with E-state index in [1.54, 1.807) is 18.2 Å². The van der Waals surface area contributed by atoms with Crippen LogP contribution in [-0.4, -0.2) is 38.4 Å². The maximum absolute atomic E-state index is 12.7. The number of carbonyl (C=O) groups is 1. The van der Waals surface area contributed by atoms with Gasteiger partial charge in [-0.3, -0.25) is 9.36 Å². The van der Waals surface area contributed by atoms with Gasteiger partial charge in [-0.1, -0.05) is 35.5 Å². The molecule has 0 fully saturated rings. The minimum Gasteiger partial charge on any atom is -0.467 e. The van der Waals surface area contributed by atoms with Crippen LogP contribution in [0.5, 0.6) is 0 Å². The average molecular weight is 453 g/mol. The van der Waals surface area contributed by atoms with E-state index in [4.69, 9.17) is 16.0 Å². The standard InChI is InChI=1S/C23H21ClN4O2S/c1-16-5-3-6-19(13-16)28-22(17-8-10-18(24)11-9-17)25-26-23(28)31-15-21(29)27(2)14-20-7-4-12-30-20/h3-13H,14-15H2,1-2H3. The van der Waals surface area contributed by atoms with Crippen molar-refractivity contribution < 1.29 is 9.21 Å². The summed E-state index contributed by atoms with van der Waals surface area (Å²) >= 11 is 7.41. The molecule has 2 aromatic carbocycles. The molecule has 31 heavy (non-hydrogen) atoms. The number of hydrogen-bond donors (Lipinski definition) is 0. The second kappa shape index (κ2) is 9.41. The predicted molar refractivity (Wildman–Crippen MR) is 122 cm³/mol. The molecule has 1 amide bonds. The average Bonchev–Trinajstić information content (AvgIpc) is 3.42. The van der Waals surface area contributed by atoms with Gasteiger partial charge in [0.1, 0.15) is 5.76 Å². The van der Waals surface area contributed by atoms with Crippen LogP contribution in [-0.2, 0) is 11.3 Å². The van der Waals surface area contributed by atoms with E-state index in [2.05, 4.69) is 16.3 Å². The van der Waals surface area contributed by atoms with Crippen molar-refractivity contribution in [3.63, 3.8) is 0 Å². The highest BCUT2D eigenvalue weighted by molar-refractivity contribution is 7.99. The van der Waals surface area contributed by atoms with Gasteiger partial charge in [0.2, 0.25) is 5.91 Å². The quantitative estimate of drug-likeness (QED) is 0.359. The smallest absolute Gasteiger partial charge is 0.233 e. The molecule has 158 valence electrons.